The Morgan fingerprint density at radius 3 is 2.58 bits per heavy atom. The molecule has 1 aromatic heterocycles. The van der Waals surface area contributed by atoms with Crippen LogP contribution in [0, 0.1) is 13.8 Å². The second-order valence-corrected chi connectivity index (χ2v) is 8.22. The molecule has 0 saturated carbocycles. The van der Waals surface area contributed by atoms with Crippen molar-refractivity contribution < 1.29 is 23.8 Å². The fraction of sp³-hybridized carbons (Fsp3) is 0.417. The normalized spacial score (nSPS) is 10.9. The summed E-state index contributed by atoms with van der Waals surface area (Å²) in [5.74, 6) is 0.547. The Bertz CT molecular complexity index is 932. The number of hydrogen-bond acceptors (Lipinski definition) is 6. The van der Waals surface area contributed by atoms with Crippen LogP contribution in [0.25, 0.3) is 6.08 Å². The van der Waals surface area contributed by atoms with E-state index in [1.807, 2.05) is 32.0 Å². The van der Waals surface area contributed by atoms with Gasteiger partial charge in [-0.25, -0.2) is 4.79 Å². The van der Waals surface area contributed by atoms with E-state index in [-0.39, 0.29) is 12.5 Å². The lowest BCUT2D eigenvalue weighted by Crippen LogP contribution is -2.12. The third kappa shape index (κ3) is 6.85. The molecule has 7 heteroatoms. The second-order valence-electron chi connectivity index (χ2n) is 7.00. The molecule has 0 aliphatic heterocycles. The summed E-state index contributed by atoms with van der Waals surface area (Å²) < 4.78 is 16.3. The number of nitrogens with one attached hydrogen (secondary N) is 1. The van der Waals surface area contributed by atoms with E-state index in [2.05, 4.69) is 12.2 Å². The van der Waals surface area contributed by atoms with Gasteiger partial charge in [-0.15, -0.1) is 11.3 Å². The smallest absolute Gasteiger partial charge is 0.341 e. The lowest BCUT2D eigenvalue weighted by Gasteiger charge is -2.11. The summed E-state index contributed by atoms with van der Waals surface area (Å²) in [7, 11) is 1.59. The molecule has 0 bridgehead atoms. The van der Waals surface area contributed by atoms with Crippen LogP contribution < -0.4 is 14.8 Å². The number of hydrogen-bond donors (Lipinski definition) is 1. The predicted molar refractivity (Wildman–Crippen MR) is 125 cm³/mol. The maximum atomic E-state index is 12.5. The molecule has 1 aromatic carbocycles. The monoisotopic (exact) mass is 445 g/mol. The number of benzene rings is 1. The second kappa shape index (κ2) is 12.2. The van der Waals surface area contributed by atoms with Gasteiger partial charge in [0.25, 0.3) is 0 Å². The molecule has 0 unspecified atom stereocenters. The number of thiophene rings is 1. The summed E-state index contributed by atoms with van der Waals surface area (Å²) in [4.78, 5) is 25.7. The summed E-state index contributed by atoms with van der Waals surface area (Å²) in [6.07, 6.45) is 6.38. The first-order valence-corrected chi connectivity index (χ1v) is 11.3. The van der Waals surface area contributed by atoms with Crippen LogP contribution in [0.4, 0.5) is 5.00 Å². The number of carbonyl (C=O) groups excluding carboxylic acids is 2. The molecule has 0 atom stereocenters. The zero-order valence-electron chi connectivity index (χ0n) is 18.9. The van der Waals surface area contributed by atoms with Crippen LogP contribution in [0.1, 0.15) is 59.5 Å². The van der Waals surface area contributed by atoms with Crippen LogP contribution in [0.2, 0.25) is 0 Å². The molecule has 1 amide bonds. The fourth-order valence-electron chi connectivity index (χ4n) is 2.93. The molecule has 1 heterocycles. The third-order valence-corrected chi connectivity index (χ3v) is 5.84. The quantitative estimate of drug-likeness (QED) is 0.270. The molecule has 1 N–H and O–H groups in total. The third-order valence-electron chi connectivity index (χ3n) is 4.72. The molecule has 6 nitrogen and oxygen atoms in total. The highest BCUT2D eigenvalue weighted by Crippen LogP contribution is 2.33. The summed E-state index contributed by atoms with van der Waals surface area (Å²) >= 11 is 1.36. The summed E-state index contributed by atoms with van der Waals surface area (Å²) in [5.41, 5.74) is 2.04. The molecule has 2 aromatic rings. The Labute approximate surface area is 188 Å². The van der Waals surface area contributed by atoms with Gasteiger partial charge in [-0.2, -0.15) is 0 Å². The molecule has 0 saturated heterocycles. The number of esters is 1. The minimum absolute atomic E-state index is 0.278. The van der Waals surface area contributed by atoms with Crippen LogP contribution in [0.5, 0.6) is 11.5 Å². The van der Waals surface area contributed by atoms with Crippen molar-refractivity contribution >= 4 is 34.3 Å². The number of methoxy groups -OCH3 is 1. The predicted octanol–water partition coefficient (Wildman–Crippen LogP) is 5.77. The van der Waals surface area contributed by atoms with E-state index in [9.17, 15) is 9.59 Å². The van der Waals surface area contributed by atoms with Crippen LogP contribution in [0.15, 0.2) is 24.3 Å². The van der Waals surface area contributed by atoms with Gasteiger partial charge in [0.05, 0.1) is 25.9 Å². The van der Waals surface area contributed by atoms with Crippen molar-refractivity contribution in [3.8, 4) is 11.5 Å². The number of ether oxygens (including phenoxy) is 3. The van der Waals surface area contributed by atoms with E-state index >= 15 is 0 Å². The van der Waals surface area contributed by atoms with Gasteiger partial charge in [0.15, 0.2) is 11.5 Å². The van der Waals surface area contributed by atoms with E-state index in [0.717, 1.165) is 35.3 Å². The van der Waals surface area contributed by atoms with Crippen molar-refractivity contribution in [2.75, 3.05) is 25.6 Å². The molecule has 0 radical (unpaired) electrons. The van der Waals surface area contributed by atoms with Gasteiger partial charge in [-0.3, -0.25) is 4.79 Å². The number of amides is 1. The molecule has 0 spiro atoms. The van der Waals surface area contributed by atoms with Crippen molar-refractivity contribution in [3.63, 3.8) is 0 Å². The van der Waals surface area contributed by atoms with Crippen LogP contribution in [-0.2, 0) is 9.53 Å². The highest BCUT2D eigenvalue weighted by molar-refractivity contribution is 7.16. The van der Waals surface area contributed by atoms with Crippen LogP contribution in [0.3, 0.4) is 0 Å². The number of carbonyl (C=O) groups is 2. The lowest BCUT2D eigenvalue weighted by molar-refractivity contribution is -0.111. The van der Waals surface area contributed by atoms with E-state index in [4.69, 9.17) is 14.2 Å². The first-order valence-electron chi connectivity index (χ1n) is 10.5. The maximum Gasteiger partial charge on any atom is 0.341 e. The van der Waals surface area contributed by atoms with Gasteiger partial charge < -0.3 is 19.5 Å². The zero-order chi connectivity index (χ0) is 22.8. The zero-order valence-corrected chi connectivity index (χ0v) is 19.7. The van der Waals surface area contributed by atoms with Crippen LogP contribution >= 0.6 is 11.3 Å². The number of unbranched alkanes of at least 4 members (excludes halogenated alkanes) is 2. The first kappa shape index (κ1) is 24.5. The molecule has 0 aliphatic carbocycles. The minimum Gasteiger partial charge on any atom is -0.493 e. The molecule has 168 valence electrons. The highest BCUT2D eigenvalue weighted by atomic mass is 32.1. The number of anilines is 1. The number of rotatable bonds is 11. The summed E-state index contributed by atoms with van der Waals surface area (Å²) in [6.45, 7) is 8.58. The lowest BCUT2D eigenvalue weighted by atomic mass is 10.1. The Hall–Kier alpha value is -2.80. The van der Waals surface area contributed by atoms with Crippen LogP contribution in [-0.4, -0.2) is 32.2 Å². The van der Waals surface area contributed by atoms with Crippen molar-refractivity contribution in [1.29, 1.82) is 0 Å². The van der Waals surface area contributed by atoms with Crippen molar-refractivity contribution in [3.05, 3.63) is 45.8 Å². The Balaban J connectivity index is 2.08. The van der Waals surface area contributed by atoms with E-state index in [1.165, 1.54) is 17.4 Å². The van der Waals surface area contributed by atoms with Crippen molar-refractivity contribution in [2.45, 2.75) is 47.0 Å². The molecule has 0 fully saturated rings. The maximum absolute atomic E-state index is 12.5. The van der Waals surface area contributed by atoms with Gasteiger partial charge >= 0.3 is 5.97 Å². The topological polar surface area (TPSA) is 73.9 Å². The van der Waals surface area contributed by atoms with Crippen molar-refractivity contribution in [1.82, 2.24) is 0 Å². The van der Waals surface area contributed by atoms with Crippen molar-refractivity contribution in [2.24, 2.45) is 0 Å². The van der Waals surface area contributed by atoms with Gasteiger partial charge in [0, 0.05) is 11.0 Å². The SMILES string of the molecule is CCCCCOc1ccc(C=CC(=O)Nc2sc(C)c(C)c2C(=O)OCC)cc1OC. The standard InChI is InChI=1S/C24H31NO5S/c1-6-8-9-14-30-19-12-10-18(15-20(19)28-5)11-13-21(26)25-23-22(24(27)29-7-2)16(3)17(4)31-23/h10-13,15H,6-9,14H2,1-5H3,(H,25,26). The molecular weight excluding hydrogens is 414 g/mol. The first-order chi connectivity index (χ1) is 14.9. The molecule has 2 rings (SSSR count). The molecule has 0 aliphatic rings. The average Bonchev–Trinajstić information content (AvgIpc) is 3.03. The Kier molecular flexibility index (Phi) is 9.59. The largest absolute Gasteiger partial charge is 0.493 e. The van der Waals surface area contributed by atoms with E-state index in [0.29, 0.717) is 28.7 Å². The summed E-state index contributed by atoms with van der Waals surface area (Å²) in [6, 6.07) is 5.53. The van der Waals surface area contributed by atoms with Gasteiger partial charge in [0.1, 0.15) is 5.00 Å². The molecule has 31 heavy (non-hydrogen) atoms. The Morgan fingerprint density at radius 2 is 1.90 bits per heavy atom. The Morgan fingerprint density at radius 1 is 1.13 bits per heavy atom. The van der Waals surface area contributed by atoms with E-state index in [1.54, 1.807) is 20.1 Å². The minimum atomic E-state index is -0.428. The van der Waals surface area contributed by atoms with E-state index < -0.39 is 5.97 Å². The van der Waals surface area contributed by atoms with Gasteiger partial charge in [-0.1, -0.05) is 25.8 Å². The van der Waals surface area contributed by atoms with Gasteiger partial charge in [0.2, 0.25) is 5.91 Å². The average molecular weight is 446 g/mol. The number of aryl methyl sites for hydroxylation is 1. The highest BCUT2D eigenvalue weighted by Gasteiger charge is 2.21. The fourth-order valence-corrected chi connectivity index (χ4v) is 3.98. The molecular formula is C24H31NO5S. The summed E-state index contributed by atoms with van der Waals surface area (Å²) in [5, 5.41) is 3.29. The van der Waals surface area contributed by atoms with Gasteiger partial charge in [-0.05, 0) is 56.5 Å².